The van der Waals surface area contributed by atoms with E-state index in [9.17, 15) is 8.42 Å². The second-order valence-electron chi connectivity index (χ2n) is 6.05. The first-order valence-corrected chi connectivity index (χ1v) is 9.35. The Kier molecular flexibility index (Phi) is 4.68. The van der Waals surface area contributed by atoms with Crippen molar-refractivity contribution < 1.29 is 13.2 Å². The topological polar surface area (TPSA) is 46.6 Å². The molecule has 1 saturated heterocycles. The summed E-state index contributed by atoms with van der Waals surface area (Å²) in [6.45, 7) is 3.61. The quantitative estimate of drug-likeness (QED) is 0.818. The van der Waals surface area contributed by atoms with Crippen molar-refractivity contribution in [2.24, 2.45) is 5.92 Å². The van der Waals surface area contributed by atoms with Gasteiger partial charge in [-0.05, 0) is 24.6 Å². The summed E-state index contributed by atoms with van der Waals surface area (Å²) < 4.78 is 32.0. The zero-order valence-electron chi connectivity index (χ0n) is 13.2. The van der Waals surface area contributed by atoms with Gasteiger partial charge < -0.3 is 4.74 Å². The summed E-state index contributed by atoms with van der Waals surface area (Å²) in [5, 5.41) is 0. The van der Waals surface area contributed by atoms with Crippen molar-refractivity contribution in [2.45, 2.75) is 12.7 Å². The lowest BCUT2D eigenvalue weighted by Gasteiger charge is -2.37. The Labute approximate surface area is 137 Å². The van der Waals surface area contributed by atoms with Gasteiger partial charge in [0.1, 0.15) is 5.75 Å². The minimum Gasteiger partial charge on any atom is -0.493 e. The third-order valence-corrected chi connectivity index (χ3v) is 5.76. The maximum atomic E-state index is 12.4. The van der Waals surface area contributed by atoms with E-state index >= 15 is 0 Å². The molecule has 0 aliphatic carbocycles. The van der Waals surface area contributed by atoms with Crippen LogP contribution in [0, 0.1) is 12.8 Å². The van der Waals surface area contributed by atoms with Crippen molar-refractivity contribution in [3.63, 3.8) is 0 Å². The first-order valence-electron chi connectivity index (χ1n) is 7.74. The van der Waals surface area contributed by atoms with Crippen LogP contribution in [0.15, 0.2) is 54.6 Å². The van der Waals surface area contributed by atoms with Crippen LogP contribution in [-0.2, 0) is 15.8 Å². The van der Waals surface area contributed by atoms with Gasteiger partial charge in [-0.3, -0.25) is 0 Å². The molecule has 1 fully saturated rings. The number of sulfonamides is 1. The maximum absolute atomic E-state index is 12.4. The molecule has 0 aromatic heterocycles. The highest BCUT2D eigenvalue weighted by Gasteiger charge is 2.35. The number of nitrogens with zero attached hydrogens (tertiary/aromatic N) is 1. The molecule has 0 atom stereocenters. The van der Waals surface area contributed by atoms with Gasteiger partial charge in [-0.1, -0.05) is 48.0 Å². The third kappa shape index (κ3) is 4.12. The lowest BCUT2D eigenvalue weighted by molar-refractivity contribution is 0.129. The Morgan fingerprint density at radius 3 is 2.52 bits per heavy atom. The van der Waals surface area contributed by atoms with E-state index in [0.717, 1.165) is 16.9 Å². The molecule has 2 aromatic carbocycles. The summed E-state index contributed by atoms with van der Waals surface area (Å²) >= 11 is 0. The molecule has 122 valence electrons. The van der Waals surface area contributed by atoms with Crippen LogP contribution in [-0.4, -0.2) is 32.4 Å². The van der Waals surface area contributed by atoms with Crippen LogP contribution in [0.5, 0.6) is 5.75 Å². The Bertz CT molecular complexity index is 753. The summed E-state index contributed by atoms with van der Waals surface area (Å²) in [4.78, 5) is 0. The summed E-state index contributed by atoms with van der Waals surface area (Å²) in [6.07, 6.45) is 0. The van der Waals surface area contributed by atoms with Crippen molar-refractivity contribution in [1.82, 2.24) is 4.31 Å². The molecule has 0 N–H and O–H groups in total. The molecule has 1 aliphatic rings. The molecule has 1 heterocycles. The fourth-order valence-corrected chi connectivity index (χ4v) is 4.35. The highest BCUT2D eigenvalue weighted by molar-refractivity contribution is 7.88. The van der Waals surface area contributed by atoms with Crippen LogP contribution in [0.2, 0.25) is 0 Å². The van der Waals surface area contributed by atoms with Crippen molar-refractivity contribution in [1.29, 1.82) is 0 Å². The number of ether oxygens (including phenoxy) is 1. The number of rotatable bonds is 6. The Morgan fingerprint density at radius 1 is 1.09 bits per heavy atom. The van der Waals surface area contributed by atoms with E-state index < -0.39 is 10.0 Å². The molecule has 3 rings (SSSR count). The van der Waals surface area contributed by atoms with Gasteiger partial charge >= 0.3 is 0 Å². The molecule has 0 amide bonds. The SMILES string of the molecule is Cc1cccc(CS(=O)(=O)N2CC(COc3ccccc3)C2)c1. The molecule has 5 heteroatoms. The molecule has 1 aliphatic heterocycles. The zero-order valence-corrected chi connectivity index (χ0v) is 14.0. The van der Waals surface area contributed by atoms with Gasteiger partial charge in [0.2, 0.25) is 10.0 Å². The monoisotopic (exact) mass is 331 g/mol. The third-order valence-electron chi connectivity index (χ3n) is 3.98. The Morgan fingerprint density at radius 2 is 1.83 bits per heavy atom. The molecule has 2 aromatic rings. The molecular formula is C18H21NO3S. The van der Waals surface area contributed by atoms with E-state index in [1.165, 1.54) is 0 Å². The standard InChI is InChI=1S/C18H21NO3S/c1-15-6-5-7-16(10-15)14-23(20,21)19-11-17(12-19)13-22-18-8-3-2-4-9-18/h2-10,17H,11-14H2,1H3. The summed E-state index contributed by atoms with van der Waals surface area (Å²) in [6, 6.07) is 17.3. The molecule has 0 unspecified atom stereocenters. The predicted molar refractivity (Wildman–Crippen MR) is 90.8 cm³/mol. The van der Waals surface area contributed by atoms with Crippen LogP contribution in [0.1, 0.15) is 11.1 Å². The summed E-state index contributed by atoms with van der Waals surface area (Å²) in [5.74, 6) is 1.16. The normalized spacial score (nSPS) is 16.0. The average molecular weight is 331 g/mol. The van der Waals surface area contributed by atoms with Gasteiger partial charge in [-0.25, -0.2) is 12.7 Å². The van der Waals surface area contributed by atoms with Crippen molar-refractivity contribution in [3.05, 3.63) is 65.7 Å². The van der Waals surface area contributed by atoms with E-state index in [1.54, 1.807) is 4.31 Å². The van der Waals surface area contributed by atoms with E-state index in [0.29, 0.717) is 19.7 Å². The predicted octanol–water partition coefficient (Wildman–Crippen LogP) is 2.84. The largest absolute Gasteiger partial charge is 0.493 e. The highest BCUT2D eigenvalue weighted by Crippen LogP contribution is 2.23. The van der Waals surface area contributed by atoms with Crippen LogP contribution in [0.25, 0.3) is 0 Å². The van der Waals surface area contributed by atoms with Gasteiger partial charge in [0.25, 0.3) is 0 Å². The van der Waals surface area contributed by atoms with Gasteiger partial charge in [-0.2, -0.15) is 0 Å². The lowest BCUT2D eigenvalue weighted by Crippen LogP contribution is -2.52. The fraction of sp³-hybridized carbons (Fsp3) is 0.333. The lowest BCUT2D eigenvalue weighted by atomic mass is 10.1. The summed E-state index contributed by atoms with van der Waals surface area (Å²) in [7, 11) is -3.23. The van der Waals surface area contributed by atoms with Gasteiger partial charge in [0.15, 0.2) is 0 Å². The van der Waals surface area contributed by atoms with E-state index in [1.807, 2.05) is 61.5 Å². The smallest absolute Gasteiger partial charge is 0.218 e. The van der Waals surface area contributed by atoms with Crippen molar-refractivity contribution >= 4 is 10.0 Å². The molecule has 0 saturated carbocycles. The van der Waals surface area contributed by atoms with Gasteiger partial charge in [-0.15, -0.1) is 0 Å². The molecule has 0 spiro atoms. The molecule has 0 bridgehead atoms. The number of hydrogen-bond donors (Lipinski definition) is 0. The molecular weight excluding hydrogens is 310 g/mol. The minimum absolute atomic E-state index is 0.0704. The number of aryl methyl sites for hydroxylation is 1. The fourth-order valence-electron chi connectivity index (χ4n) is 2.69. The van der Waals surface area contributed by atoms with E-state index in [2.05, 4.69) is 0 Å². The maximum Gasteiger partial charge on any atom is 0.218 e. The Balaban J connectivity index is 1.50. The van der Waals surface area contributed by atoms with Crippen LogP contribution in [0.4, 0.5) is 0 Å². The number of benzene rings is 2. The van der Waals surface area contributed by atoms with Crippen LogP contribution >= 0.6 is 0 Å². The first-order chi connectivity index (χ1) is 11.0. The van der Waals surface area contributed by atoms with Crippen LogP contribution < -0.4 is 4.74 Å². The highest BCUT2D eigenvalue weighted by atomic mass is 32.2. The molecule has 23 heavy (non-hydrogen) atoms. The van der Waals surface area contributed by atoms with Gasteiger partial charge in [0.05, 0.1) is 12.4 Å². The molecule has 4 nitrogen and oxygen atoms in total. The number of para-hydroxylation sites is 1. The second-order valence-corrected chi connectivity index (χ2v) is 8.02. The van der Waals surface area contributed by atoms with Crippen molar-refractivity contribution in [3.8, 4) is 5.75 Å². The second kappa shape index (κ2) is 6.72. The van der Waals surface area contributed by atoms with Crippen molar-refractivity contribution in [2.75, 3.05) is 19.7 Å². The van der Waals surface area contributed by atoms with E-state index in [4.69, 9.17) is 4.74 Å². The molecule has 0 radical (unpaired) electrons. The number of hydrogen-bond acceptors (Lipinski definition) is 3. The summed E-state index contributed by atoms with van der Waals surface area (Å²) in [5.41, 5.74) is 1.92. The first kappa shape index (κ1) is 16.0. The van der Waals surface area contributed by atoms with Crippen LogP contribution in [0.3, 0.4) is 0 Å². The Hall–Kier alpha value is -1.85. The zero-order chi connectivity index (χ0) is 16.3. The average Bonchev–Trinajstić information content (AvgIpc) is 2.46. The van der Waals surface area contributed by atoms with E-state index in [-0.39, 0.29) is 11.7 Å². The van der Waals surface area contributed by atoms with Gasteiger partial charge in [0, 0.05) is 19.0 Å². The minimum atomic E-state index is -3.23.